The number of hydrogen-bond acceptors (Lipinski definition) is 4. The maximum absolute atomic E-state index is 12.1. The number of alkyl halides is 1. The molecule has 3 aliphatic carbocycles. The predicted molar refractivity (Wildman–Crippen MR) is 149 cm³/mol. The molecule has 3 aliphatic rings. The van der Waals surface area contributed by atoms with E-state index in [4.69, 9.17) is 17.3 Å². The van der Waals surface area contributed by atoms with Gasteiger partial charge in [-0.1, -0.05) is 60.1 Å². The number of nitrogens with two attached hydrogens (primary N) is 1. The van der Waals surface area contributed by atoms with Gasteiger partial charge in [0.15, 0.2) is 0 Å². The maximum atomic E-state index is 12.1. The Balaban J connectivity index is 1.75. The first-order valence-electron chi connectivity index (χ1n) is 14.8. The summed E-state index contributed by atoms with van der Waals surface area (Å²) in [5.41, 5.74) is 6.08. The Morgan fingerprint density at radius 2 is 1.58 bits per heavy atom. The molecular formula is C31H55ClNO3-. The third-order valence-corrected chi connectivity index (χ3v) is 11.5. The summed E-state index contributed by atoms with van der Waals surface area (Å²) in [6.45, 7) is 13.4. The van der Waals surface area contributed by atoms with Crippen molar-refractivity contribution < 1.29 is 15.3 Å². The molecule has 0 aromatic rings. The van der Waals surface area contributed by atoms with Gasteiger partial charge in [0.2, 0.25) is 0 Å². The van der Waals surface area contributed by atoms with Crippen LogP contribution in [0.25, 0.3) is 0 Å². The summed E-state index contributed by atoms with van der Waals surface area (Å²) in [6, 6.07) is 0. The Morgan fingerprint density at radius 1 is 0.972 bits per heavy atom. The van der Waals surface area contributed by atoms with Crippen molar-refractivity contribution in [3.63, 3.8) is 0 Å². The van der Waals surface area contributed by atoms with E-state index in [1.807, 2.05) is 12.2 Å². The van der Waals surface area contributed by atoms with E-state index in [9.17, 15) is 15.3 Å². The van der Waals surface area contributed by atoms with Crippen molar-refractivity contribution >= 4 is 11.6 Å². The highest BCUT2D eigenvalue weighted by Crippen LogP contribution is 2.60. The molecule has 0 aromatic heterocycles. The van der Waals surface area contributed by atoms with Crippen LogP contribution in [-0.4, -0.2) is 39.9 Å². The summed E-state index contributed by atoms with van der Waals surface area (Å²) >= 11 is 6.46. The molecule has 0 spiro atoms. The lowest BCUT2D eigenvalue weighted by atomic mass is 9.52. The standard InChI is InChI=1S/C31H55ClNO3/c1-20(2)25(11-12-27(35)31(33)19-26(31)21(3)4)28(36)22-13-15-29(5,6)30(16-14-22,17-18-34)23-7-9-24(32)10-8-23/h11-12,20-28,35-36H,7-10,13-19,33H2,1-6H3/q-1/b12-11+/t22?,23?,24?,25-,26?,27?,28?,30?,31?/m1/s1. The van der Waals surface area contributed by atoms with Gasteiger partial charge in [-0.05, 0) is 98.2 Å². The molecule has 0 saturated heterocycles. The van der Waals surface area contributed by atoms with Crippen LogP contribution in [0.2, 0.25) is 0 Å². The molecule has 0 aromatic carbocycles. The van der Waals surface area contributed by atoms with E-state index < -0.39 is 17.7 Å². The van der Waals surface area contributed by atoms with E-state index in [2.05, 4.69) is 41.5 Å². The largest absolute Gasteiger partial charge is 0.854 e. The van der Waals surface area contributed by atoms with Crippen molar-refractivity contribution in [3.05, 3.63) is 12.2 Å². The number of aliphatic hydroxyl groups excluding tert-OH is 2. The van der Waals surface area contributed by atoms with Crippen LogP contribution in [-0.2, 0) is 0 Å². The average Bonchev–Trinajstić information content (AvgIpc) is 3.53. The van der Waals surface area contributed by atoms with Gasteiger partial charge in [-0.2, -0.15) is 0 Å². The normalized spacial score (nSPS) is 39.8. The van der Waals surface area contributed by atoms with Gasteiger partial charge in [0.05, 0.1) is 12.2 Å². The summed E-state index contributed by atoms with van der Waals surface area (Å²) in [4.78, 5) is 0. The minimum Gasteiger partial charge on any atom is -0.854 e. The minimum atomic E-state index is -0.673. The van der Waals surface area contributed by atoms with Gasteiger partial charge in [-0.15, -0.1) is 18.2 Å². The van der Waals surface area contributed by atoms with E-state index in [0.29, 0.717) is 17.8 Å². The van der Waals surface area contributed by atoms with E-state index in [0.717, 1.165) is 64.2 Å². The third kappa shape index (κ3) is 6.19. The minimum absolute atomic E-state index is 0.0219. The molecule has 0 amide bonds. The molecule has 0 bridgehead atoms. The van der Waals surface area contributed by atoms with E-state index in [1.165, 1.54) is 0 Å². The monoisotopic (exact) mass is 524 g/mol. The number of hydrogen-bond donors (Lipinski definition) is 3. The second-order valence-corrected chi connectivity index (χ2v) is 14.7. The average molecular weight is 525 g/mol. The fraction of sp³-hybridized carbons (Fsp3) is 0.935. The first-order valence-corrected chi connectivity index (χ1v) is 15.3. The Bertz CT molecular complexity index is 731. The summed E-state index contributed by atoms with van der Waals surface area (Å²) in [7, 11) is 0. The smallest absolute Gasteiger partial charge is 0.0903 e. The molecule has 7 atom stereocenters. The Hall–Kier alpha value is -0.130. The second kappa shape index (κ2) is 11.9. The van der Waals surface area contributed by atoms with Gasteiger partial charge in [-0.3, -0.25) is 0 Å². The lowest BCUT2D eigenvalue weighted by Gasteiger charge is -2.54. The zero-order valence-electron chi connectivity index (χ0n) is 23.9. The molecule has 210 valence electrons. The molecule has 5 heteroatoms. The maximum Gasteiger partial charge on any atom is 0.0903 e. The van der Waals surface area contributed by atoms with Crippen LogP contribution >= 0.6 is 11.6 Å². The Morgan fingerprint density at radius 3 is 2.11 bits per heavy atom. The number of aliphatic hydroxyl groups is 2. The van der Waals surface area contributed by atoms with Gasteiger partial charge in [0.25, 0.3) is 0 Å². The summed E-state index contributed by atoms with van der Waals surface area (Å²) in [5, 5.41) is 34.9. The number of halogens is 1. The highest BCUT2D eigenvalue weighted by Gasteiger charge is 2.56. The molecule has 4 N–H and O–H groups in total. The van der Waals surface area contributed by atoms with Crippen molar-refractivity contribution in [3.8, 4) is 0 Å². The fourth-order valence-corrected chi connectivity index (χ4v) is 8.50. The van der Waals surface area contributed by atoms with Crippen molar-refractivity contribution in [1.82, 2.24) is 0 Å². The summed E-state index contributed by atoms with van der Waals surface area (Å²) in [5.74, 6) is 1.81. The van der Waals surface area contributed by atoms with Gasteiger partial charge in [0.1, 0.15) is 0 Å². The topological polar surface area (TPSA) is 89.5 Å². The first-order chi connectivity index (χ1) is 16.8. The van der Waals surface area contributed by atoms with Crippen LogP contribution in [0.3, 0.4) is 0 Å². The second-order valence-electron chi connectivity index (χ2n) is 14.1. The van der Waals surface area contributed by atoms with Gasteiger partial charge in [0, 0.05) is 16.8 Å². The van der Waals surface area contributed by atoms with Crippen LogP contribution < -0.4 is 10.8 Å². The van der Waals surface area contributed by atoms with Gasteiger partial charge in [-0.25, -0.2) is 0 Å². The predicted octanol–water partition coefficient (Wildman–Crippen LogP) is 5.66. The molecule has 4 nitrogen and oxygen atoms in total. The molecule has 3 saturated carbocycles. The molecule has 0 heterocycles. The van der Waals surface area contributed by atoms with Crippen LogP contribution in [0.1, 0.15) is 106 Å². The highest BCUT2D eigenvalue weighted by atomic mass is 35.5. The zero-order valence-corrected chi connectivity index (χ0v) is 24.6. The van der Waals surface area contributed by atoms with Crippen LogP contribution in [0, 0.1) is 46.3 Å². The highest BCUT2D eigenvalue weighted by molar-refractivity contribution is 6.20. The van der Waals surface area contributed by atoms with Crippen LogP contribution in [0.4, 0.5) is 0 Å². The molecular weight excluding hydrogens is 470 g/mol. The Kier molecular flexibility index (Phi) is 10.1. The molecule has 3 fully saturated rings. The molecule has 36 heavy (non-hydrogen) atoms. The van der Waals surface area contributed by atoms with Gasteiger partial charge < -0.3 is 21.1 Å². The number of rotatable bonds is 10. The van der Waals surface area contributed by atoms with E-state index in [1.54, 1.807) is 0 Å². The van der Waals surface area contributed by atoms with Crippen molar-refractivity contribution in [2.24, 2.45) is 52.1 Å². The molecule has 3 rings (SSSR count). The van der Waals surface area contributed by atoms with Crippen molar-refractivity contribution in [1.29, 1.82) is 0 Å². The van der Waals surface area contributed by atoms with Crippen LogP contribution in [0.5, 0.6) is 0 Å². The van der Waals surface area contributed by atoms with Crippen LogP contribution in [0.15, 0.2) is 12.2 Å². The first kappa shape index (κ1) is 30.4. The van der Waals surface area contributed by atoms with Crippen molar-refractivity contribution in [2.45, 2.75) is 129 Å². The summed E-state index contributed by atoms with van der Waals surface area (Å²) in [6.07, 6.45) is 12.7. The molecule has 0 radical (unpaired) electrons. The Labute approximate surface area is 226 Å². The van der Waals surface area contributed by atoms with E-state index >= 15 is 0 Å². The molecule has 6 unspecified atom stereocenters. The van der Waals surface area contributed by atoms with E-state index in [-0.39, 0.29) is 40.6 Å². The third-order valence-electron chi connectivity index (χ3n) is 11.1. The zero-order chi connectivity index (χ0) is 26.9. The quantitative estimate of drug-likeness (QED) is 0.195. The van der Waals surface area contributed by atoms with Crippen molar-refractivity contribution in [2.75, 3.05) is 6.61 Å². The fourth-order valence-electron chi connectivity index (χ4n) is 8.25. The summed E-state index contributed by atoms with van der Waals surface area (Å²) < 4.78 is 0. The lowest BCUT2D eigenvalue weighted by Crippen LogP contribution is -2.46. The van der Waals surface area contributed by atoms with Gasteiger partial charge >= 0.3 is 0 Å². The SMILES string of the molecule is CC(C)C1CC1(N)C(O)/C=C/[C@H](C(C)C)C(O)C1CCC(C)(C)C(CC[O-])(C2CCC(Cl)CC2)CC1. The molecule has 0 aliphatic heterocycles. The lowest BCUT2D eigenvalue weighted by molar-refractivity contribution is -0.376.